The zero-order valence-corrected chi connectivity index (χ0v) is 9.94. The molecule has 1 aromatic carbocycles. The zero-order valence-electron chi connectivity index (χ0n) is 9.94. The number of aromatic amines is 1. The Kier molecular flexibility index (Phi) is 2.41. The Morgan fingerprint density at radius 2 is 2.22 bits per heavy atom. The van der Waals surface area contributed by atoms with Gasteiger partial charge >= 0.3 is 0 Å². The van der Waals surface area contributed by atoms with E-state index in [4.69, 9.17) is 5.73 Å². The van der Waals surface area contributed by atoms with Crippen LogP contribution in [-0.4, -0.2) is 14.8 Å². The number of nitrogens with two attached hydrogens (primary N) is 1. The lowest BCUT2D eigenvalue weighted by molar-refractivity contribution is 0.640. The van der Waals surface area contributed by atoms with Gasteiger partial charge in [-0.1, -0.05) is 6.07 Å². The fraction of sp³-hybridized carbons (Fsp3) is 0.154. The highest BCUT2D eigenvalue weighted by Gasteiger charge is 2.12. The van der Waals surface area contributed by atoms with Crippen LogP contribution in [0.3, 0.4) is 0 Å². The van der Waals surface area contributed by atoms with Crippen LogP contribution in [0.5, 0.6) is 0 Å². The maximum Gasteiger partial charge on any atom is 0.132 e. The van der Waals surface area contributed by atoms with Crippen molar-refractivity contribution in [1.29, 1.82) is 0 Å². The zero-order chi connectivity index (χ0) is 12.7. The number of aryl methyl sites for hydroxylation is 1. The first-order valence-corrected chi connectivity index (χ1v) is 5.69. The number of nitrogens with one attached hydrogen (secondary N) is 1. The summed E-state index contributed by atoms with van der Waals surface area (Å²) in [6.07, 6.45) is 0. The van der Waals surface area contributed by atoms with Gasteiger partial charge in [0.15, 0.2) is 0 Å². The van der Waals surface area contributed by atoms with Crippen LogP contribution in [0.1, 0.15) is 5.69 Å². The summed E-state index contributed by atoms with van der Waals surface area (Å²) in [5.41, 5.74) is 8.89. The second-order valence-corrected chi connectivity index (χ2v) is 4.24. The summed E-state index contributed by atoms with van der Waals surface area (Å²) < 4.78 is 15.6. The van der Waals surface area contributed by atoms with Gasteiger partial charge in [-0.3, -0.25) is 5.10 Å². The highest BCUT2D eigenvalue weighted by Crippen LogP contribution is 2.27. The van der Waals surface area contributed by atoms with Gasteiger partial charge in [0.25, 0.3) is 0 Å². The Labute approximate surface area is 103 Å². The maximum atomic E-state index is 13.7. The molecule has 0 atom stereocenters. The van der Waals surface area contributed by atoms with Gasteiger partial charge in [-0.05, 0) is 24.3 Å². The largest absolute Gasteiger partial charge is 0.342 e. The van der Waals surface area contributed by atoms with Crippen molar-refractivity contribution in [3.63, 3.8) is 0 Å². The standard InChI is InChI=1S/C13H13FN4/c1-18-12-4-2-3-10(14)9(12)6-13(18)11-5-8(7-15)16-17-11/h2-6H,7,15H2,1H3,(H,16,17). The molecule has 0 aliphatic carbocycles. The second-order valence-electron chi connectivity index (χ2n) is 4.24. The van der Waals surface area contributed by atoms with Crippen molar-refractivity contribution in [2.24, 2.45) is 12.8 Å². The number of halogens is 1. The number of H-pyrrole nitrogens is 1. The molecule has 0 saturated carbocycles. The van der Waals surface area contributed by atoms with Crippen molar-refractivity contribution >= 4 is 10.9 Å². The van der Waals surface area contributed by atoms with Crippen LogP contribution in [0, 0.1) is 5.82 Å². The van der Waals surface area contributed by atoms with E-state index in [0.717, 1.165) is 22.6 Å². The lowest BCUT2D eigenvalue weighted by Gasteiger charge is -2.00. The molecule has 3 rings (SSSR count). The number of hydrogen-bond donors (Lipinski definition) is 2. The van der Waals surface area contributed by atoms with Gasteiger partial charge in [-0.25, -0.2) is 4.39 Å². The first kappa shape index (κ1) is 11.0. The van der Waals surface area contributed by atoms with Gasteiger partial charge in [-0.15, -0.1) is 0 Å². The van der Waals surface area contributed by atoms with Crippen LogP contribution < -0.4 is 5.73 Å². The number of benzene rings is 1. The minimum atomic E-state index is -0.219. The van der Waals surface area contributed by atoms with Gasteiger partial charge in [0.2, 0.25) is 0 Å². The molecule has 18 heavy (non-hydrogen) atoms. The van der Waals surface area contributed by atoms with E-state index in [0.29, 0.717) is 11.9 Å². The van der Waals surface area contributed by atoms with Crippen LogP contribution in [-0.2, 0) is 13.6 Å². The Balaban J connectivity index is 2.23. The molecule has 0 saturated heterocycles. The molecule has 0 unspecified atom stereocenters. The van der Waals surface area contributed by atoms with E-state index in [-0.39, 0.29) is 5.82 Å². The normalized spacial score (nSPS) is 11.3. The predicted molar refractivity (Wildman–Crippen MR) is 68.4 cm³/mol. The quantitative estimate of drug-likeness (QED) is 0.725. The van der Waals surface area contributed by atoms with Gasteiger partial charge in [0, 0.05) is 24.7 Å². The monoisotopic (exact) mass is 244 g/mol. The Morgan fingerprint density at radius 1 is 1.39 bits per heavy atom. The lowest BCUT2D eigenvalue weighted by Crippen LogP contribution is -1.95. The Hall–Kier alpha value is -2.14. The number of rotatable bonds is 2. The third kappa shape index (κ3) is 1.52. The number of fused-ring (bicyclic) bond motifs is 1. The molecule has 4 nitrogen and oxygen atoms in total. The summed E-state index contributed by atoms with van der Waals surface area (Å²) in [4.78, 5) is 0. The summed E-state index contributed by atoms with van der Waals surface area (Å²) in [5, 5.41) is 7.66. The highest BCUT2D eigenvalue weighted by atomic mass is 19.1. The van der Waals surface area contributed by atoms with E-state index < -0.39 is 0 Å². The molecule has 2 aromatic heterocycles. The molecule has 0 bridgehead atoms. The first-order valence-electron chi connectivity index (χ1n) is 5.69. The van der Waals surface area contributed by atoms with E-state index in [1.807, 2.05) is 23.7 Å². The van der Waals surface area contributed by atoms with Gasteiger partial charge in [-0.2, -0.15) is 5.10 Å². The van der Waals surface area contributed by atoms with E-state index in [9.17, 15) is 4.39 Å². The van der Waals surface area contributed by atoms with Crippen LogP contribution in [0.4, 0.5) is 4.39 Å². The molecule has 0 spiro atoms. The molecule has 92 valence electrons. The van der Waals surface area contributed by atoms with Crippen molar-refractivity contribution in [3.05, 3.63) is 41.8 Å². The molecule has 0 radical (unpaired) electrons. The number of nitrogens with zero attached hydrogens (tertiary/aromatic N) is 2. The molecule has 5 heteroatoms. The van der Waals surface area contributed by atoms with Crippen LogP contribution in [0.25, 0.3) is 22.3 Å². The van der Waals surface area contributed by atoms with Gasteiger partial charge in [0.05, 0.1) is 11.2 Å². The average molecular weight is 244 g/mol. The summed E-state index contributed by atoms with van der Waals surface area (Å²) >= 11 is 0. The first-order chi connectivity index (χ1) is 8.70. The van der Waals surface area contributed by atoms with Crippen molar-refractivity contribution in [2.75, 3.05) is 0 Å². The molecular formula is C13H13FN4. The summed E-state index contributed by atoms with van der Waals surface area (Å²) in [6, 6.07) is 8.74. The molecule has 0 aliphatic rings. The Morgan fingerprint density at radius 3 is 2.89 bits per heavy atom. The Bertz CT molecular complexity index is 711. The molecular weight excluding hydrogens is 231 g/mol. The second kappa shape index (κ2) is 3.96. The maximum absolute atomic E-state index is 13.7. The minimum absolute atomic E-state index is 0.219. The van der Waals surface area contributed by atoms with E-state index in [1.54, 1.807) is 12.1 Å². The summed E-state index contributed by atoms with van der Waals surface area (Å²) in [7, 11) is 1.90. The SMILES string of the molecule is Cn1c(-c2cc(CN)[nH]n2)cc2c(F)cccc21. The third-order valence-corrected chi connectivity index (χ3v) is 3.15. The smallest absolute Gasteiger partial charge is 0.132 e. The van der Waals surface area contributed by atoms with Gasteiger partial charge < -0.3 is 10.3 Å². The van der Waals surface area contributed by atoms with E-state index >= 15 is 0 Å². The van der Waals surface area contributed by atoms with Crippen LogP contribution in [0.2, 0.25) is 0 Å². The minimum Gasteiger partial charge on any atom is -0.342 e. The van der Waals surface area contributed by atoms with Crippen molar-refractivity contribution in [1.82, 2.24) is 14.8 Å². The fourth-order valence-electron chi connectivity index (χ4n) is 2.17. The average Bonchev–Trinajstić information content (AvgIpc) is 2.96. The molecule has 3 N–H and O–H groups in total. The van der Waals surface area contributed by atoms with Crippen LogP contribution >= 0.6 is 0 Å². The summed E-state index contributed by atoms with van der Waals surface area (Å²) in [6.45, 7) is 0.408. The highest BCUT2D eigenvalue weighted by molar-refractivity contribution is 5.86. The topological polar surface area (TPSA) is 59.6 Å². The molecule has 2 heterocycles. The van der Waals surface area contributed by atoms with Gasteiger partial charge in [0.1, 0.15) is 11.5 Å². The van der Waals surface area contributed by atoms with Crippen molar-refractivity contribution in [3.8, 4) is 11.4 Å². The number of aromatic nitrogens is 3. The molecule has 0 aliphatic heterocycles. The molecule has 3 aromatic rings. The summed E-state index contributed by atoms with van der Waals surface area (Å²) in [5.74, 6) is -0.219. The van der Waals surface area contributed by atoms with Crippen molar-refractivity contribution < 1.29 is 4.39 Å². The van der Waals surface area contributed by atoms with E-state index in [1.165, 1.54) is 6.07 Å². The fourth-order valence-corrected chi connectivity index (χ4v) is 2.17. The van der Waals surface area contributed by atoms with Crippen LogP contribution in [0.15, 0.2) is 30.3 Å². The third-order valence-electron chi connectivity index (χ3n) is 3.15. The lowest BCUT2D eigenvalue weighted by atomic mass is 10.2. The molecule has 0 amide bonds. The van der Waals surface area contributed by atoms with Crippen molar-refractivity contribution in [2.45, 2.75) is 6.54 Å². The number of hydrogen-bond acceptors (Lipinski definition) is 2. The predicted octanol–water partition coefficient (Wildman–Crippen LogP) is 2.17. The van der Waals surface area contributed by atoms with E-state index in [2.05, 4.69) is 10.2 Å². The molecule has 0 fully saturated rings.